The molecule has 122 valence electrons. The molecule has 3 amide bonds. The smallest absolute Gasteiger partial charge is 0.247 e. The summed E-state index contributed by atoms with van der Waals surface area (Å²) in [6.45, 7) is 1.82. The summed E-state index contributed by atoms with van der Waals surface area (Å²) in [5, 5.41) is 0. The summed E-state index contributed by atoms with van der Waals surface area (Å²) in [5.41, 5.74) is -0.412. The summed E-state index contributed by atoms with van der Waals surface area (Å²) in [6, 6.07) is -0.524. The standard InChI is InChI=1S/C15H23N3O4/c1-16-9-12(19)18-7-6-17(8-11(18)13(16)20)14(21)15(10-22-2)4-3-5-15/h11H,3-10H2,1-2H3. The number of rotatable bonds is 3. The second kappa shape index (κ2) is 5.53. The number of carbonyl (C=O) groups is 3. The second-order valence-corrected chi connectivity index (χ2v) is 6.62. The van der Waals surface area contributed by atoms with E-state index in [-0.39, 0.29) is 24.3 Å². The van der Waals surface area contributed by atoms with Crippen LogP contribution in [0.3, 0.4) is 0 Å². The monoisotopic (exact) mass is 309 g/mol. The molecule has 2 saturated heterocycles. The lowest BCUT2D eigenvalue weighted by Gasteiger charge is -2.49. The van der Waals surface area contributed by atoms with Crippen molar-refractivity contribution in [1.29, 1.82) is 0 Å². The van der Waals surface area contributed by atoms with Crippen LogP contribution in [0.25, 0.3) is 0 Å². The van der Waals surface area contributed by atoms with Crippen molar-refractivity contribution in [2.45, 2.75) is 25.3 Å². The Hall–Kier alpha value is -1.63. The van der Waals surface area contributed by atoms with Crippen LogP contribution in [0.15, 0.2) is 0 Å². The van der Waals surface area contributed by atoms with Gasteiger partial charge in [0.1, 0.15) is 6.04 Å². The van der Waals surface area contributed by atoms with E-state index < -0.39 is 11.5 Å². The molecule has 1 saturated carbocycles. The van der Waals surface area contributed by atoms with E-state index in [1.165, 1.54) is 4.90 Å². The minimum atomic E-state index is -0.524. The van der Waals surface area contributed by atoms with Crippen LogP contribution in [-0.4, -0.2) is 85.4 Å². The molecule has 0 bridgehead atoms. The van der Waals surface area contributed by atoms with E-state index in [9.17, 15) is 14.4 Å². The summed E-state index contributed by atoms with van der Waals surface area (Å²) in [6.07, 6.45) is 2.73. The van der Waals surface area contributed by atoms with Crippen LogP contribution in [0.1, 0.15) is 19.3 Å². The van der Waals surface area contributed by atoms with Crippen molar-refractivity contribution >= 4 is 17.7 Å². The van der Waals surface area contributed by atoms with E-state index in [4.69, 9.17) is 4.74 Å². The molecule has 1 atom stereocenters. The molecule has 0 radical (unpaired) electrons. The number of piperazine rings is 2. The number of hydrogen-bond acceptors (Lipinski definition) is 4. The predicted molar refractivity (Wildman–Crippen MR) is 77.9 cm³/mol. The average Bonchev–Trinajstić information content (AvgIpc) is 2.47. The Kier molecular flexibility index (Phi) is 3.84. The van der Waals surface area contributed by atoms with Crippen LogP contribution in [0, 0.1) is 5.41 Å². The molecule has 3 aliphatic rings. The highest BCUT2D eigenvalue weighted by molar-refractivity contribution is 5.96. The molecule has 2 aliphatic heterocycles. The molecule has 7 nitrogen and oxygen atoms in total. The fourth-order valence-electron chi connectivity index (χ4n) is 3.74. The van der Waals surface area contributed by atoms with E-state index >= 15 is 0 Å². The first-order valence-electron chi connectivity index (χ1n) is 7.81. The maximum absolute atomic E-state index is 12.9. The number of ether oxygens (including phenoxy) is 1. The van der Waals surface area contributed by atoms with E-state index in [0.717, 1.165) is 19.3 Å². The third-order valence-electron chi connectivity index (χ3n) is 5.21. The van der Waals surface area contributed by atoms with Crippen molar-refractivity contribution in [2.24, 2.45) is 5.41 Å². The van der Waals surface area contributed by atoms with E-state index in [1.807, 2.05) is 0 Å². The molecular weight excluding hydrogens is 286 g/mol. The first kappa shape index (κ1) is 15.3. The number of fused-ring (bicyclic) bond motifs is 1. The Balaban J connectivity index is 1.74. The molecular formula is C15H23N3O4. The van der Waals surface area contributed by atoms with Crippen molar-refractivity contribution in [3.63, 3.8) is 0 Å². The molecule has 0 spiro atoms. The molecule has 0 aromatic rings. The largest absolute Gasteiger partial charge is 0.384 e. The van der Waals surface area contributed by atoms with Crippen molar-refractivity contribution < 1.29 is 19.1 Å². The van der Waals surface area contributed by atoms with Crippen LogP contribution in [0.2, 0.25) is 0 Å². The molecule has 1 aliphatic carbocycles. The zero-order valence-electron chi connectivity index (χ0n) is 13.2. The molecule has 2 heterocycles. The van der Waals surface area contributed by atoms with Crippen LogP contribution >= 0.6 is 0 Å². The maximum atomic E-state index is 12.9. The van der Waals surface area contributed by atoms with Gasteiger partial charge in [-0.3, -0.25) is 14.4 Å². The minimum absolute atomic E-state index is 0.0329. The molecule has 3 fully saturated rings. The third kappa shape index (κ3) is 2.27. The van der Waals surface area contributed by atoms with Gasteiger partial charge in [0.25, 0.3) is 0 Å². The summed E-state index contributed by atoms with van der Waals surface area (Å²) in [7, 11) is 3.25. The first-order chi connectivity index (χ1) is 10.5. The van der Waals surface area contributed by atoms with E-state index in [0.29, 0.717) is 26.2 Å². The second-order valence-electron chi connectivity index (χ2n) is 6.62. The van der Waals surface area contributed by atoms with Crippen molar-refractivity contribution in [2.75, 3.05) is 46.9 Å². The summed E-state index contributed by atoms with van der Waals surface area (Å²) in [4.78, 5) is 42.0. The van der Waals surface area contributed by atoms with Crippen molar-refractivity contribution in [3.05, 3.63) is 0 Å². The zero-order chi connectivity index (χ0) is 15.9. The minimum Gasteiger partial charge on any atom is -0.384 e. The van der Waals surface area contributed by atoms with Gasteiger partial charge in [0, 0.05) is 27.2 Å². The fourth-order valence-corrected chi connectivity index (χ4v) is 3.74. The number of nitrogens with zero attached hydrogens (tertiary/aromatic N) is 3. The number of methoxy groups -OCH3 is 1. The summed E-state index contributed by atoms with van der Waals surface area (Å²) in [5.74, 6) is -0.0327. The number of amides is 3. The highest BCUT2D eigenvalue weighted by Gasteiger charge is 2.49. The van der Waals surface area contributed by atoms with Crippen LogP contribution in [0.4, 0.5) is 0 Å². The lowest BCUT2D eigenvalue weighted by Crippen LogP contribution is -2.68. The summed E-state index contributed by atoms with van der Waals surface area (Å²) >= 11 is 0. The van der Waals surface area contributed by atoms with Crippen LogP contribution < -0.4 is 0 Å². The zero-order valence-corrected chi connectivity index (χ0v) is 13.2. The highest BCUT2D eigenvalue weighted by atomic mass is 16.5. The SMILES string of the molecule is COCC1(C(=O)N2CCN3C(=O)CN(C)C(=O)C3C2)CCC1. The molecule has 0 aromatic heterocycles. The number of hydrogen-bond donors (Lipinski definition) is 0. The Morgan fingerprint density at radius 3 is 2.64 bits per heavy atom. The Morgan fingerprint density at radius 1 is 1.32 bits per heavy atom. The van der Waals surface area contributed by atoms with Gasteiger partial charge in [-0.1, -0.05) is 6.42 Å². The highest BCUT2D eigenvalue weighted by Crippen LogP contribution is 2.43. The van der Waals surface area contributed by atoms with Gasteiger partial charge in [-0.25, -0.2) is 0 Å². The fraction of sp³-hybridized carbons (Fsp3) is 0.800. The third-order valence-corrected chi connectivity index (χ3v) is 5.21. The summed E-state index contributed by atoms with van der Waals surface area (Å²) < 4.78 is 5.24. The molecule has 7 heteroatoms. The van der Waals surface area contributed by atoms with Gasteiger partial charge in [0.05, 0.1) is 25.1 Å². The first-order valence-corrected chi connectivity index (χ1v) is 7.81. The molecule has 1 unspecified atom stereocenters. The number of carbonyl (C=O) groups excluding carboxylic acids is 3. The van der Waals surface area contributed by atoms with E-state index in [2.05, 4.69) is 0 Å². The number of likely N-dealkylation sites (N-methyl/N-ethyl adjacent to an activating group) is 1. The van der Waals surface area contributed by atoms with Crippen molar-refractivity contribution in [1.82, 2.24) is 14.7 Å². The lowest BCUT2D eigenvalue weighted by atomic mass is 9.68. The van der Waals surface area contributed by atoms with Gasteiger partial charge in [-0.15, -0.1) is 0 Å². The van der Waals surface area contributed by atoms with Crippen molar-refractivity contribution in [3.8, 4) is 0 Å². The Morgan fingerprint density at radius 2 is 2.05 bits per heavy atom. The van der Waals surface area contributed by atoms with Gasteiger partial charge in [0.2, 0.25) is 17.7 Å². The maximum Gasteiger partial charge on any atom is 0.247 e. The van der Waals surface area contributed by atoms with E-state index in [1.54, 1.807) is 24.0 Å². The van der Waals surface area contributed by atoms with Gasteiger partial charge in [0.15, 0.2) is 0 Å². The molecule has 3 rings (SSSR count). The molecule has 0 N–H and O–H groups in total. The van der Waals surface area contributed by atoms with Crippen LogP contribution in [-0.2, 0) is 19.1 Å². The topological polar surface area (TPSA) is 70.2 Å². The predicted octanol–water partition coefficient (Wildman–Crippen LogP) is -0.685. The molecule has 0 aromatic carbocycles. The molecule has 22 heavy (non-hydrogen) atoms. The van der Waals surface area contributed by atoms with Crippen LogP contribution in [0.5, 0.6) is 0 Å². The van der Waals surface area contributed by atoms with Gasteiger partial charge in [-0.05, 0) is 12.8 Å². The van der Waals surface area contributed by atoms with Gasteiger partial charge in [-0.2, -0.15) is 0 Å². The van der Waals surface area contributed by atoms with Gasteiger partial charge < -0.3 is 19.4 Å². The average molecular weight is 309 g/mol. The quantitative estimate of drug-likeness (QED) is 0.692. The Labute approximate surface area is 130 Å². The lowest BCUT2D eigenvalue weighted by molar-refractivity contribution is -0.165. The Bertz CT molecular complexity index is 503. The normalized spacial score (nSPS) is 27.5. The van der Waals surface area contributed by atoms with Gasteiger partial charge >= 0.3 is 0 Å².